The van der Waals surface area contributed by atoms with Crippen molar-refractivity contribution in [1.29, 1.82) is 0 Å². The maximum Gasteiger partial charge on any atom is 0.271 e. The number of fused-ring (bicyclic) bond motifs is 1. The van der Waals surface area contributed by atoms with Crippen LogP contribution >= 0.6 is 0 Å². The Morgan fingerprint density at radius 2 is 1.56 bits per heavy atom. The molecular weight excluding hydrogens is 338 g/mol. The Balaban J connectivity index is 1.37. The highest BCUT2D eigenvalue weighted by molar-refractivity contribution is 5.95. The van der Waals surface area contributed by atoms with Crippen LogP contribution in [0.4, 0.5) is 5.69 Å². The van der Waals surface area contributed by atoms with Crippen LogP contribution in [0.3, 0.4) is 0 Å². The number of carbonyl (C=O) groups excluding carboxylic acids is 1. The topological polar surface area (TPSA) is 64.9 Å². The van der Waals surface area contributed by atoms with Crippen molar-refractivity contribution in [2.45, 2.75) is 13.1 Å². The first-order valence-corrected chi connectivity index (χ1v) is 8.73. The summed E-state index contributed by atoms with van der Waals surface area (Å²) in [5.74, 6) is -0.0707. The van der Waals surface area contributed by atoms with Crippen molar-refractivity contribution in [2.24, 2.45) is 5.10 Å². The zero-order chi connectivity index (χ0) is 18.6. The molecule has 0 spiro atoms. The lowest BCUT2D eigenvalue weighted by molar-refractivity contribution is 0.0955. The van der Waals surface area contributed by atoms with E-state index in [0.29, 0.717) is 5.56 Å². The van der Waals surface area contributed by atoms with E-state index < -0.39 is 0 Å². The number of phenolic OH excluding ortho intramolecular Hbond substituents is 1. The highest BCUT2D eigenvalue weighted by atomic mass is 16.3. The summed E-state index contributed by atoms with van der Waals surface area (Å²) in [5, 5.41) is 13.2. The normalized spacial score (nSPS) is 13.0. The molecule has 0 bridgehead atoms. The predicted molar refractivity (Wildman–Crippen MR) is 106 cm³/mol. The van der Waals surface area contributed by atoms with E-state index in [4.69, 9.17) is 0 Å². The third-order valence-electron chi connectivity index (χ3n) is 4.61. The van der Waals surface area contributed by atoms with Crippen LogP contribution in [0, 0.1) is 0 Å². The van der Waals surface area contributed by atoms with Crippen LogP contribution in [-0.4, -0.2) is 17.2 Å². The van der Waals surface area contributed by atoms with E-state index in [2.05, 4.69) is 39.7 Å². The van der Waals surface area contributed by atoms with Gasteiger partial charge >= 0.3 is 0 Å². The fourth-order valence-corrected chi connectivity index (χ4v) is 3.13. The number of amides is 1. The molecule has 27 heavy (non-hydrogen) atoms. The lowest BCUT2D eigenvalue weighted by atomic mass is 10.1. The minimum atomic E-state index is -0.263. The molecule has 3 aromatic rings. The van der Waals surface area contributed by atoms with Crippen LogP contribution in [0.2, 0.25) is 0 Å². The van der Waals surface area contributed by atoms with Crippen molar-refractivity contribution in [3.63, 3.8) is 0 Å². The second-order valence-electron chi connectivity index (χ2n) is 6.46. The molecule has 134 valence electrons. The number of anilines is 1. The maximum atomic E-state index is 12.2. The number of carbonyl (C=O) groups is 1. The fraction of sp³-hybridized carbons (Fsp3) is 0.0909. The second-order valence-corrected chi connectivity index (χ2v) is 6.46. The molecule has 0 radical (unpaired) electrons. The second kappa shape index (κ2) is 7.33. The van der Waals surface area contributed by atoms with Crippen LogP contribution in [0.25, 0.3) is 0 Å². The molecule has 5 nitrogen and oxygen atoms in total. The zero-order valence-electron chi connectivity index (χ0n) is 14.7. The van der Waals surface area contributed by atoms with Crippen LogP contribution in [0.15, 0.2) is 77.9 Å². The summed E-state index contributed by atoms with van der Waals surface area (Å²) in [5.41, 5.74) is 7.66. The molecule has 0 fully saturated rings. The Bertz CT molecular complexity index is 954. The van der Waals surface area contributed by atoms with Crippen LogP contribution < -0.4 is 10.3 Å². The Kier molecular flexibility index (Phi) is 4.58. The van der Waals surface area contributed by atoms with Crippen molar-refractivity contribution in [1.82, 2.24) is 5.43 Å². The van der Waals surface area contributed by atoms with Gasteiger partial charge in [-0.05, 0) is 65.2 Å². The predicted octanol–water partition coefficient (Wildman–Crippen LogP) is 3.68. The largest absolute Gasteiger partial charge is 0.508 e. The first-order valence-electron chi connectivity index (χ1n) is 8.73. The highest BCUT2D eigenvalue weighted by Crippen LogP contribution is 2.28. The Hall–Kier alpha value is -3.60. The van der Waals surface area contributed by atoms with Gasteiger partial charge in [0.25, 0.3) is 5.91 Å². The van der Waals surface area contributed by atoms with Gasteiger partial charge in [-0.15, -0.1) is 0 Å². The number of nitrogens with one attached hydrogen (secondary N) is 1. The Labute approximate surface area is 157 Å². The number of benzene rings is 3. The number of nitrogens with zero attached hydrogens (tertiary/aromatic N) is 2. The van der Waals surface area contributed by atoms with E-state index >= 15 is 0 Å². The fourth-order valence-electron chi connectivity index (χ4n) is 3.13. The zero-order valence-corrected chi connectivity index (χ0v) is 14.7. The van der Waals surface area contributed by atoms with Gasteiger partial charge in [-0.3, -0.25) is 4.79 Å². The van der Waals surface area contributed by atoms with E-state index in [1.807, 2.05) is 24.3 Å². The first kappa shape index (κ1) is 16.8. The first-order chi connectivity index (χ1) is 13.2. The number of rotatable bonds is 4. The average molecular weight is 357 g/mol. The number of aromatic hydroxyl groups is 1. The standard InChI is InChI=1S/C22H19N3O2/c26-21-11-5-16(6-12-21)13-23-24-22(27)17-7-9-20(10-8-17)25-14-18-3-1-2-4-19(18)15-25/h1-13,26H,14-15H2,(H,24,27)/b23-13-. The summed E-state index contributed by atoms with van der Waals surface area (Å²) in [4.78, 5) is 14.5. The molecule has 5 heteroatoms. The average Bonchev–Trinajstić information content (AvgIpc) is 3.14. The summed E-state index contributed by atoms with van der Waals surface area (Å²) in [6.07, 6.45) is 1.53. The van der Waals surface area contributed by atoms with E-state index in [1.165, 1.54) is 17.3 Å². The molecule has 0 unspecified atom stereocenters. The summed E-state index contributed by atoms with van der Waals surface area (Å²) < 4.78 is 0. The number of phenols is 1. The minimum absolute atomic E-state index is 0.192. The van der Waals surface area contributed by atoms with Crippen molar-refractivity contribution in [3.05, 3.63) is 95.1 Å². The molecule has 3 aromatic carbocycles. The van der Waals surface area contributed by atoms with Gasteiger partial charge in [0.15, 0.2) is 0 Å². The molecule has 0 saturated carbocycles. The van der Waals surface area contributed by atoms with Crippen LogP contribution in [-0.2, 0) is 13.1 Å². The molecule has 1 aliphatic rings. The highest BCUT2D eigenvalue weighted by Gasteiger charge is 2.18. The molecule has 1 amide bonds. The quantitative estimate of drug-likeness (QED) is 0.553. The van der Waals surface area contributed by atoms with Crippen LogP contribution in [0.1, 0.15) is 27.0 Å². The minimum Gasteiger partial charge on any atom is -0.508 e. The molecule has 4 rings (SSSR count). The van der Waals surface area contributed by atoms with Crippen molar-refractivity contribution >= 4 is 17.8 Å². The molecule has 0 aliphatic carbocycles. The van der Waals surface area contributed by atoms with Crippen molar-refractivity contribution < 1.29 is 9.90 Å². The van der Waals surface area contributed by atoms with Gasteiger partial charge in [0.1, 0.15) is 5.75 Å². The summed E-state index contributed by atoms with van der Waals surface area (Å²) in [6, 6.07) is 22.6. The van der Waals surface area contributed by atoms with Crippen molar-refractivity contribution in [3.8, 4) is 5.75 Å². The van der Waals surface area contributed by atoms with Gasteiger partial charge in [0, 0.05) is 24.3 Å². The van der Waals surface area contributed by atoms with Gasteiger partial charge in [-0.25, -0.2) is 5.43 Å². The molecule has 1 aliphatic heterocycles. The Morgan fingerprint density at radius 3 is 2.19 bits per heavy atom. The van der Waals surface area contributed by atoms with Gasteiger partial charge in [0.2, 0.25) is 0 Å². The molecule has 1 heterocycles. The summed E-state index contributed by atoms with van der Waals surface area (Å²) in [6.45, 7) is 1.78. The van der Waals surface area contributed by atoms with E-state index in [0.717, 1.165) is 24.3 Å². The SMILES string of the molecule is O=C(N/N=C\c1ccc(O)cc1)c1ccc(N2Cc3ccccc3C2)cc1. The van der Waals surface area contributed by atoms with E-state index in [9.17, 15) is 9.90 Å². The monoisotopic (exact) mass is 357 g/mol. The van der Waals surface area contributed by atoms with Crippen LogP contribution in [0.5, 0.6) is 5.75 Å². The number of hydrogen-bond donors (Lipinski definition) is 2. The maximum absolute atomic E-state index is 12.2. The smallest absolute Gasteiger partial charge is 0.271 e. The van der Waals surface area contributed by atoms with Gasteiger partial charge in [0.05, 0.1) is 6.21 Å². The summed E-state index contributed by atoms with van der Waals surface area (Å²) >= 11 is 0. The van der Waals surface area contributed by atoms with Gasteiger partial charge < -0.3 is 10.0 Å². The Morgan fingerprint density at radius 1 is 0.926 bits per heavy atom. The van der Waals surface area contributed by atoms with Gasteiger partial charge in [-0.1, -0.05) is 24.3 Å². The molecule has 2 N–H and O–H groups in total. The molecule has 0 aromatic heterocycles. The molecular formula is C22H19N3O2. The third kappa shape index (κ3) is 3.82. The van der Waals surface area contributed by atoms with Gasteiger partial charge in [-0.2, -0.15) is 5.10 Å². The number of hydrogen-bond acceptors (Lipinski definition) is 4. The lowest BCUT2D eigenvalue weighted by Gasteiger charge is -2.17. The van der Waals surface area contributed by atoms with Crippen molar-refractivity contribution in [2.75, 3.05) is 4.90 Å². The van der Waals surface area contributed by atoms with E-state index in [-0.39, 0.29) is 11.7 Å². The molecule has 0 atom stereocenters. The lowest BCUT2D eigenvalue weighted by Crippen LogP contribution is -2.18. The van der Waals surface area contributed by atoms with E-state index in [1.54, 1.807) is 24.3 Å². The third-order valence-corrected chi connectivity index (χ3v) is 4.61. The summed E-state index contributed by atoms with van der Waals surface area (Å²) in [7, 11) is 0. The number of hydrazone groups is 1. The molecule has 0 saturated heterocycles.